The molecule has 0 saturated heterocycles. The van der Waals surface area contributed by atoms with Crippen LogP contribution in [0.1, 0.15) is 0 Å². The summed E-state index contributed by atoms with van der Waals surface area (Å²) in [6.07, 6.45) is 0. The summed E-state index contributed by atoms with van der Waals surface area (Å²) in [6, 6.07) is 5.38. The van der Waals surface area contributed by atoms with Gasteiger partial charge in [-0.25, -0.2) is 4.79 Å². The van der Waals surface area contributed by atoms with E-state index >= 15 is 0 Å². The van der Waals surface area contributed by atoms with Gasteiger partial charge in [-0.05, 0) is 50.1 Å². The van der Waals surface area contributed by atoms with Crippen molar-refractivity contribution in [3.63, 3.8) is 0 Å². The average Bonchev–Trinajstić information content (AvgIpc) is 2.80. The predicted molar refractivity (Wildman–Crippen MR) is 88.2 cm³/mol. The molecule has 1 aromatic rings. The number of aliphatic hydroxyl groups excluding tert-OH is 1. The van der Waals surface area contributed by atoms with E-state index in [4.69, 9.17) is 9.84 Å². The summed E-state index contributed by atoms with van der Waals surface area (Å²) in [7, 11) is 1.27. The lowest BCUT2D eigenvalue weighted by Crippen LogP contribution is -2.31. The molecule has 1 aromatic carbocycles. The van der Waals surface area contributed by atoms with Crippen molar-refractivity contribution in [3.8, 4) is 0 Å². The predicted octanol–water partition coefficient (Wildman–Crippen LogP) is 1.89. The zero-order chi connectivity index (χ0) is 16.3. The van der Waals surface area contributed by atoms with Gasteiger partial charge in [0.15, 0.2) is 0 Å². The number of esters is 1. The first-order valence-corrected chi connectivity index (χ1v) is 8.00. The Labute approximate surface area is 144 Å². The van der Waals surface area contributed by atoms with Crippen molar-refractivity contribution in [1.29, 1.82) is 0 Å². The number of aliphatic hydroxyl groups is 1. The number of halogens is 2. The minimum atomic E-state index is -0.563. The highest BCUT2D eigenvalue weighted by Crippen LogP contribution is 2.28. The van der Waals surface area contributed by atoms with Crippen LogP contribution in [0.3, 0.4) is 0 Å². The second-order valence-electron chi connectivity index (χ2n) is 4.55. The summed E-state index contributed by atoms with van der Waals surface area (Å²) in [5, 5.41) is 12.0. The lowest BCUT2D eigenvalue weighted by Gasteiger charge is -2.15. The van der Waals surface area contributed by atoms with Crippen LogP contribution >= 0.6 is 31.9 Å². The van der Waals surface area contributed by atoms with E-state index in [1.165, 1.54) is 12.0 Å². The number of nitrogens with zero attached hydrogens (tertiary/aromatic N) is 1. The smallest absolute Gasteiger partial charge is 0.337 e. The normalized spacial score (nSPS) is 14.5. The minimum absolute atomic E-state index is 0.117. The number of nitrogens with one attached hydrogen (secondary N) is 1. The second kappa shape index (κ2) is 7.26. The molecule has 8 heteroatoms. The van der Waals surface area contributed by atoms with Crippen LogP contribution < -0.4 is 5.32 Å². The summed E-state index contributed by atoms with van der Waals surface area (Å²) in [4.78, 5) is 25.6. The van der Waals surface area contributed by atoms with Gasteiger partial charge in [0.25, 0.3) is 5.91 Å². The van der Waals surface area contributed by atoms with Crippen LogP contribution in [-0.2, 0) is 14.3 Å². The summed E-state index contributed by atoms with van der Waals surface area (Å²) in [5.74, 6) is -0.902. The molecule has 1 aliphatic heterocycles. The summed E-state index contributed by atoms with van der Waals surface area (Å²) in [6.45, 7) is 0.109. The molecule has 0 unspecified atom stereocenters. The Bertz CT molecular complexity index is 646. The second-order valence-corrected chi connectivity index (χ2v) is 6.26. The van der Waals surface area contributed by atoms with E-state index < -0.39 is 5.97 Å². The molecule has 0 bridgehead atoms. The molecule has 0 spiro atoms. The molecule has 0 aromatic heterocycles. The van der Waals surface area contributed by atoms with Crippen molar-refractivity contribution in [2.24, 2.45) is 0 Å². The molecule has 1 amide bonds. The number of carbonyl (C=O) groups excluding carboxylic acids is 2. The van der Waals surface area contributed by atoms with Crippen molar-refractivity contribution in [1.82, 2.24) is 4.90 Å². The Morgan fingerprint density at radius 1 is 1.41 bits per heavy atom. The molecule has 1 aliphatic rings. The molecule has 2 N–H and O–H groups in total. The van der Waals surface area contributed by atoms with Crippen LogP contribution in [0.25, 0.3) is 0 Å². The van der Waals surface area contributed by atoms with Crippen LogP contribution in [0.2, 0.25) is 0 Å². The third-order valence-electron chi connectivity index (χ3n) is 3.14. The van der Waals surface area contributed by atoms with Gasteiger partial charge in [0.1, 0.15) is 5.70 Å². The van der Waals surface area contributed by atoms with E-state index in [1.807, 2.05) is 6.07 Å². The molecule has 118 valence electrons. The standard InChI is InChI=1S/C14H14Br2N2O4/c1-22-14(21)9-7-18(4-5-19)13(20)12(9)17-8-2-3-10(15)11(16)6-8/h2-3,6,17,19H,4-5,7H2,1H3. The highest BCUT2D eigenvalue weighted by Gasteiger charge is 2.34. The van der Waals surface area contributed by atoms with Crippen LogP contribution in [0.5, 0.6) is 0 Å². The molecule has 0 radical (unpaired) electrons. The van der Waals surface area contributed by atoms with Gasteiger partial charge in [0.2, 0.25) is 0 Å². The molecule has 0 fully saturated rings. The molecular weight excluding hydrogens is 420 g/mol. The molecule has 1 heterocycles. The zero-order valence-corrected chi connectivity index (χ0v) is 14.9. The maximum Gasteiger partial charge on any atom is 0.337 e. The molecule has 22 heavy (non-hydrogen) atoms. The van der Waals surface area contributed by atoms with Gasteiger partial charge in [-0.3, -0.25) is 4.79 Å². The molecular formula is C14H14Br2N2O4. The monoisotopic (exact) mass is 432 g/mol. The van der Waals surface area contributed by atoms with Crippen molar-refractivity contribution < 1.29 is 19.4 Å². The summed E-state index contributed by atoms with van der Waals surface area (Å²) in [5.41, 5.74) is 1.08. The number of hydrogen-bond acceptors (Lipinski definition) is 5. The number of rotatable bonds is 5. The van der Waals surface area contributed by atoms with Crippen molar-refractivity contribution in [2.75, 3.05) is 32.1 Å². The Morgan fingerprint density at radius 3 is 2.73 bits per heavy atom. The number of methoxy groups -OCH3 is 1. The van der Waals surface area contributed by atoms with E-state index in [0.29, 0.717) is 5.69 Å². The van der Waals surface area contributed by atoms with Crippen molar-refractivity contribution in [2.45, 2.75) is 0 Å². The van der Waals surface area contributed by atoms with Gasteiger partial charge in [-0.1, -0.05) is 0 Å². The Morgan fingerprint density at radius 2 is 2.14 bits per heavy atom. The fourth-order valence-corrected chi connectivity index (χ4v) is 2.69. The SMILES string of the molecule is COC(=O)C1=C(Nc2ccc(Br)c(Br)c2)C(=O)N(CCO)C1. The van der Waals surface area contributed by atoms with Gasteiger partial charge in [-0.15, -0.1) is 0 Å². The third kappa shape index (κ3) is 3.50. The number of ether oxygens (including phenoxy) is 1. The summed E-state index contributed by atoms with van der Waals surface area (Å²) >= 11 is 6.75. The van der Waals surface area contributed by atoms with E-state index in [0.717, 1.165) is 8.95 Å². The molecule has 2 rings (SSSR count). The summed E-state index contributed by atoms with van der Waals surface area (Å²) < 4.78 is 6.41. The topological polar surface area (TPSA) is 78.9 Å². The number of amides is 1. The van der Waals surface area contributed by atoms with Crippen LogP contribution in [0, 0.1) is 0 Å². The number of hydrogen-bond donors (Lipinski definition) is 2. The largest absolute Gasteiger partial charge is 0.466 e. The molecule has 0 atom stereocenters. The first-order valence-electron chi connectivity index (χ1n) is 6.41. The van der Waals surface area contributed by atoms with Gasteiger partial charge >= 0.3 is 5.97 Å². The van der Waals surface area contributed by atoms with Gasteiger partial charge in [0, 0.05) is 21.2 Å². The maximum atomic E-state index is 12.3. The van der Waals surface area contributed by atoms with E-state index in [-0.39, 0.29) is 36.9 Å². The molecule has 6 nitrogen and oxygen atoms in total. The van der Waals surface area contributed by atoms with Gasteiger partial charge < -0.3 is 20.1 Å². The third-order valence-corrected chi connectivity index (χ3v) is 5.02. The number of benzene rings is 1. The average molecular weight is 434 g/mol. The molecule has 0 saturated carbocycles. The number of β-amino-alcohol motifs (C(OH)–C–C–N with tert-alkyl or cyclic N) is 1. The van der Waals surface area contributed by atoms with Crippen molar-refractivity contribution in [3.05, 3.63) is 38.4 Å². The Balaban J connectivity index is 2.32. The fraction of sp³-hybridized carbons (Fsp3) is 0.286. The van der Waals surface area contributed by atoms with E-state index in [1.54, 1.807) is 12.1 Å². The number of anilines is 1. The Hall–Kier alpha value is -1.38. The van der Waals surface area contributed by atoms with Crippen LogP contribution in [-0.4, -0.2) is 48.7 Å². The van der Waals surface area contributed by atoms with E-state index in [2.05, 4.69) is 37.2 Å². The number of carbonyl (C=O) groups is 2. The van der Waals surface area contributed by atoms with E-state index in [9.17, 15) is 9.59 Å². The van der Waals surface area contributed by atoms with Gasteiger partial charge in [-0.2, -0.15) is 0 Å². The van der Waals surface area contributed by atoms with Crippen LogP contribution in [0.15, 0.2) is 38.4 Å². The molecule has 0 aliphatic carbocycles. The Kier molecular flexibility index (Phi) is 5.60. The first kappa shape index (κ1) is 17.0. The quantitative estimate of drug-likeness (QED) is 0.693. The fourth-order valence-electron chi connectivity index (χ4n) is 2.07. The van der Waals surface area contributed by atoms with Crippen LogP contribution in [0.4, 0.5) is 5.69 Å². The minimum Gasteiger partial charge on any atom is -0.466 e. The van der Waals surface area contributed by atoms with Crippen molar-refractivity contribution >= 4 is 49.4 Å². The highest BCUT2D eigenvalue weighted by molar-refractivity contribution is 9.13. The lowest BCUT2D eigenvalue weighted by molar-refractivity contribution is -0.136. The lowest BCUT2D eigenvalue weighted by atomic mass is 10.2. The first-order chi connectivity index (χ1) is 10.5. The zero-order valence-electron chi connectivity index (χ0n) is 11.7. The maximum absolute atomic E-state index is 12.3. The van der Waals surface area contributed by atoms with Gasteiger partial charge in [0.05, 0.1) is 25.8 Å². The highest BCUT2D eigenvalue weighted by atomic mass is 79.9.